The molecule has 0 bridgehead atoms. The molecule has 9 heteroatoms. The molecule has 1 aliphatic carbocycles. The average molecular weight is 406 g/mol. The molecular formula is C19H21ClFN5O2. The lowest BCUT2D eigenvalue weighted by Gasteiger charge is -2.37. The lowest BCUT2D eigenvalue weighted by atomic mass is 9.81. The fraction of sp³-hybridized carbons (Fsp3) is 0.421. The van der Waals surface area contributed by atoms with Crippen molar-refractivity contribution in [2.24, 2.45) is 11.7 Å². The maximum Gasteiger partial charge on any atom is 0.318 e. The van der Waals surface area contributed by atoms with Crippen molar-refractivity contribution >= 4 is 23.5 Å². The Hall–Kier alpha value is -2.61. The maximum absolute atomic E-state index is 13.5. The van der Waals surface area contributed by atoms with E-state index in [2.05, 4.69) is 17.3 Å². The van der Waals surface area contributed by atoms with Gasteiger partial charge in [-0.15, -0.1) is 0 Å². The van der Waals surface area contributed by atoms with Crippen molar-refractivity contribution in [3.05, 3.63) is 40.3 Å². The Bertz CT molecular complexity index is 960. The van der Waals surface area contributed by atoms with Crippen LogP contribution in [0.1, 0.15) is 35.8 Å². The number of nitrogens with one attached hydrogen (secondary N) is 1. The molecule has 1 aliphatic heterocycles. The van der Waals surface area contributed by atoms with Gasteiger partial charge in [0.2, 0.25) is 0 Å². The third-order valence-electron chi connectivity index (χ3n) is 5.64. The van der Waals surface area contributed by atoms with Gasteiger partial charge in [-0.2, -0.15) is 5.10 Å². The van der Waals surface area contributed by atoms with Crippen LogP contribution in [0.3, 0.4) is 0 Å². The van der Waals surface area contributed by atoms with Crippen LogP contribution in [0.5, 0.6) is 0 Å². The van der Waals surface area contributed by atoms with E-state index in [0.717, 1.165) is 12.8 Å². The van der Waals surface area contributed by atoms with Gasteiger partial charge in [0.25, 0.3) is 5.91 Å². The molecule has 0 radical (unpaired) electrons. The molecule has 2 heterocycles. The van der Waals surface area contributed by atoms with Gasteiger partial charge in [-0.05, 0) is 37.0 Å². The third kappa shape index (κ3) is 3.22. The Balaban J connectivity index is 1.63. The number of hydrogen-bond acceptors (Lipinski definition) is 3. The summed E-state index contributed by atoms with van der Waals surface area (Å²) >= 11 is 5.88. The number of nitrogens with two attached hydrogens (primary N) is 1. The number of carbonyl (C=O) groups excluding carboxylic acids is 2. The van der Waals surface area contributed by atoms with Gasteiger partial charge in [0.1, 0.15) is 11.5 Å². The highest BCUT2D eigenvalue weighted by Crippen LogP contribution is 2.31. The molecule has 3 amide bonds. The van der Waals surface area contributed by atoms with Crippen molar-refractivity contribution < 1.29 is 14.0 Å². The van der Waals surface area contributed by atoms with Gasteiger partial charge in [-0.3, -0.25) is 9.48 Å². The quantitative estimate of drug-likeness (QED) is 0.822. The summed E-state index contributed by atoms with van der Waals surface area (Å²) in [5.41, 5.74) is 7.28. The highest BCUT2D eigenvalue weighted by atomic mass is 35.5. The first-order valence-corrected chi connectivity index (χ1v) is 9.63. The van der Waals surface area contributed by atoms with Crippen molar-refractivity contribution in [2.75, 3.05) is 6.54 Å². The molecule has 1 aromatic heterocycles. The molecule has 2 aliphatic rings. The smallest absolute Gasteiger partial charge is 0.318 e. The van der Waals surface area contributed by atoms with Gasteiger partial charge in [0, 0.05) is 18.2 Å². The second-order valence-electron chi connectivity index (χ2n) is 7.42. The molecule has 1 aromatic carbocycles. The van der Waals surface area contributed by atoms with E-state index in [1.807, 2.05) is 0 Å². The summed E-state index contributed by atoms with van der Waals surface area (Å²) in [6.45, 7) is 3.26. The monoisotopic (exact) mass is 405 g/mol. The van der Waals surface area contributed by atoms with Crippen LogP contribution < -0.4 is 11.1 Å². The predicted molar refractivity (Wildman–Crippen MR) is 102 cm³/mol. The summed E-state index contributed by atoms with van der Waals surface area (Å²) in [6, 6.07) is 4.20. The molecule has 4 rings (SSSR count). The van der Waals surface area contributed by atoms with E-state index in [1.165, 1.54) is 18.2 Å². The largest absolute Gasteiger partial charge is 0.365 e. The zero-order chi connectivity index (χ0) is 20.0. The Morgan fingerprint density at radius 3 is 2.71 bits per heavy atom. The number of amides is 3. The number of hydrogen-bond donors (Lipinski definition) is 2. The van der Waals surface area contributed by atoms with E-state index in [4.69, 9.17) is 17.3 Å². The van der Waals surface area contributed by atoms with Crippen LogP contribution in [-0.4, -0.2) is 39.2 Å². The number of rotatable bonds is 3. The third-order valence-corrected chi connectivity index (χ3v) is 5.93. The molecule has 28 heavy (non-hydrogen) atoms. The fourth-order valence-electron chi connectivity index (χ4n) is 3.73. The highest BCUT2D eigenvalue weighted by Gasteiger charge is 2.33. The minimum atomic E-state index is -0.647. The van der Waals surface area contributed by atoms with E-state index in [1.54, 1.807) is 9.58 Å². The first-order chi connectivity index (χ1) is 13.3. The Kier molecular flexibility index (Phi) is 4.74. The van der Waals surface area contributed by atoms with E-state index in [-0.39, 0.29) is 29.2 Å². The molecule has 7 nitrogen and oxygen atoms in total. The lowest BCUT2D eigenvalue weighted by Crippen LogP contribution is -2.52. The van der Waals surface area contributed by atoms with E-state index >= 15 is 0 Å². The first kappa shape index (κ1) is 18.7. The summed E-state index contributed by atoms with van der Waals surface area (Å²) < 4.78 is 15.2. The SMILES string of the molecule is C[C@@H]1CC[C@H]1NC(=O)N1CCn2nc(-c3ccc(F)c(Cl)c3)c(C(N)=O)c2C1. The second kappa shape index (κ2) is 7.09. The summed E-state index contributed by atoms with van der Waals surface area (Å²) in [5.74, 6) is -0.718. The standard InChI is InChI=1S/C19H21ClFN5O2/c1-10-2-5-14(10)23-19(28)25-6-7-26-15(9-25)16(18(22)27)17(24-26)11-3-4-13(21)12(20)8-11/h3-4,8,10,14H,2,5-7,9H2,1H3,(H2,22,27)(H,23,28)/t10-,14-/m1/s1. The zero-order valence-corrected chi connectivity index (χ0v) is 16.2. The van der Waals surface area contributed by atoms with Gasteiger partial charge in [0.15, 0.2) is 0 Å². The first-order valence-electron chi connectivity index (χ1n) is 9.25. The Morgan fingerprint density at radius 2 is 2.11 bits per heavy atom. The minimum Gasteiger partial charge on any atom is -0.365 e. The van der Waals surface area contributed by atoms with Gasteiger partial charge < -0.3 is 16.0 Å². The van der Waals surface area contributed by atoms with E-state index in [0.29, 0.717) is 36.0 Å². The van der Waals surface area contributed by atoms with Crippen LogP contribution in [0, 0.1) is 11.7 Å². The highest BCUT2D eigenvalue weighted by molar-refractivity contribution is 6.31. The second-order valence-corrected chi connectivity index (χ2v) is 7.83. The minimum absolute atomic E-state index is 0.0606. The Morgan fingerprint density at radius 1 is 1.32 bits per heavy atom. The molecule has 2 atom stereocenters. The molecule has 0 saturated heterocycles. The molecule has 1 saturated carbocycles. The van der Waals surface area contributed by atoms with Crippen LogP contribution in [-0.2, 0) is 13.1 Å². The predicted octanol–water partition coefficient (Wildman–Crippen LogP) is 2.77. The molecule has 0 spiro atoms. The van der Waals surface area contributed by atoms with Crippen LogP contribution in [0.15, 0.2) is 18.2 Å². The fourth-order valence-corrected chi connectivity index (χ4v) is 3.91. The Labute approximate surface area is 166 Å². The van der Waals surface area contributed by atoms with Crippen molar-refractivity contribution in [3.63, 3.8) is 0 Å². The number of halogens is 2. The maximum atomic E-state index is 13.5. The normalized spacial score (nSPS) is 21.0. The van der Waals surface area contributed by atoms with Crippen molar-refractivity contribution in [1.29, 1.82) is 0 Å². The van der Waals surface area contributed by atoms with Crippen LogP contribution in [0.2, 0.25) is 5.02 Å². The topological polar surface area (TPSA) is 93.2 Å². The molecule has 148 valence electrons. The molecule has 0 unspecified atom stereocenters. The molecule has 2 aromatic rings. The van der Waals surface area contributed by atoms with Gasteiger partial charge in [0.05, 0.1) is 29.4 Å². The molecular weight excluding hydrogens is 385 g/mol. The van der Waals surface area contributed by atoms with E-state index < -0.39 is 11.7 Å². The number of fused-ring (bicyclic) bond motifs is 1. The summed E-state index contributed by atoms with van der Waals surface area (Å²) in [4.78, 5) is 26.4. The number of benzene rings is 1. The van der Waals surface area contributed by atoms with Crippen molar-refractivity contribution in [1.82, 2.24) is 20.0 Å². The van der Waals surface area contributed by atoms with Crippen LogP contribution >= 0.6 is 11.6 Å². The van der Waals surface area contributed by atoms with E-state index in [9.17, 15) is 14.0 Å². The van der Waals surface area contributed by atoms with Gasteiger partial charge >= 0.3 is 6.03 Å². The number of aromatic nitrogens is 2. The summed E-state index contributed by atoms with van der Waals surface area (Å²) in [6.07, 6.45) is 2.10. The van der Waals surface area contributed by atoms with Crippen molar-refractivity contribution in [3.8, 4) is 11.3 Å². The lowest BCUT2D eigenvalue weighted by molar-refractivity contribution is 0.0997. The number of carbonyl (C=O) groups is 2. The summed E-state index contributed by atoms with van der Waals surface area (Å²) in [5, 5.41) is 7.47. The number of nitrogens with zero attached hydrogens (tertiary/aromatic N) is 3. The molecule has 3 N–H and O–H groups in total. The van der Waals surface area contributed by atoms with Crippen LogP contribution in [0.25, 0.3) is 11.3 Å². The summed E-state index contributed by atoms with van der Waals surface area (Å²) in [7, 11) is 0. The van der Waals surface area contributed by atoms with Crippen molar-refractivity contribution in [2.45, 2.75) is 38.9 Å². The zero-order valence-electron chi connectivity index (χ0n) is 15.4. The average Bonchev–Trinajstić information content (AvgIpc) is 3.05. The van der Waals surface area contributed by atoms with Gasteiger partial charge in [-0.1, -0.05) is 18.5 Å². The number of urea groups is 1. The van der Waals surface area contributed by atoms with Gasteiger partial charge in [-0.25, -0.2) is 9.18 Å². The van der Waals surface area contributed by atoms with Crippen LogP contribution in [0.4, 0.5) is 9.18 Å². The molecule has 1 fully saturated rings. The number of primary amides is 1.